The van der Waals surface area contributed by atoms with Gasteiger partial charge in [0.05, 0.1) is 10.8 Å². The van der Waals surface area contributed by atoms with Crippen molar-refractivity contribution < 1.29 is 9.21 Å². The van der Waals surface area contributed by atoms with E-state index < -0.39 is 0 Å². The number of anilines is 1. The highest BCUT2D eigenvalue weighted by Gasteiger charge is 2.11. The molecule has 1 amide bonds. The second-order valence-corrected chi connectivity index (χ2v) is 6.72. The van der Waals surface area contributed by atoms with Gasteiger partial charge in [-0.2, -0.15) is 0 Å². The van der Waals surface area contributed by atoms with Crippen molar-refractivity contribution >= 4 is 34.9 Å². The number of benzene rings is 1. The molecule has 2 aromatic heterocycles. The minimum Gasteiger partial charge on any atom is -0.407 e. The van der Waals surface area contributed by atoms with Crippen LogP contribution in [0.1, 0.15) is 22.8 Å². The fourth-order valence-corrected chi connectivity index (χ4v) is 3.13. The number of hydrogen-bond donors (Lipinski definition) is 1. The molecule has 1 aromatic carbocycles. The molecule has 0 fully saturated rings. The van der Waals surface area contributed by atoms with Gasteiger partial charge >= 0.3 is 6.01 Å². The van der Waals surface area contributed by atoms with E-state index in [4.69, 9.17) is 16.0 Å². The number of thiophene rings is 1. The molecule has 0 bridgehead atoms. The Balaban J connectivity index is 1.51. The Bertz CT molecular complexity index is 785. The van der Waals surface area contributed by atoms with Crippen LogP contribution >= 0.6 is 22.9 Å². The molecule has 2 heterocycles. The van der Waals surface area contributed by atoms with E-state index in [0.29, 0.717) is 29.5 Å². The highest BCUT2D eigenvalue weighted by atomic mass is 35.5. The lowest BCUT2D eigenvalue weighted by atomic mass is 10.1. The number of rotatable bonds is 6. The summed E-state index contributed by atoms with van der Waals surface area (Å²) in [6.45, 7) is 0. The standard InChI is InChI=1S/C16H14ClN3O2S/c17-13-8-7-12(23-13)10-15-19-20-16(22-15)18-14(21)9-6-11-4-2-1-3-5-11/h1-5,7-8H,6,9-10H2,(H,18,20,21). The van der Waals surface area contributed by atoms with Crippen LogP contribution in [0.25, 0.3) is 0 Å². The van der Waals surface area contributed by atoms with Crippen LogP contribution in [0.15, 0.2) is 46.9 Å². The second-order valence-electron chi connectivity index (χ2n) is 4.92. The predicted molar refractivity (Wildman–Crippen MR) is 89.8 cm³/mol. The first kappa shape index (κ1) is 15.7. The summed E-state index contributed by atoms with van der Waals surface area (Å²) in [5.74, 6) is 0.296. The molecule has 0 aliphatic heterocycles. The van der Waals surface area contributed by atoms with Gasteiger partial charge in [-0.3, -0.25) is 10.1 Å². The van der Waals surface area contributed by atoms with Gasteiger partial charge in [0.1, 0.15) is 0 Å². The van der Waals surface area contributed by atoms with Crippen LogP contribution in [0, 0.1) is 0 Å². The normalized spacial score (nSPS) is 10.7. The third kappa shape index (κ3) is 4.64. The van der Waals surface area contributed by atoms with Crippen molar-refractivity contribution in [2.75, 3.05) is 5.32 Å². The Morgan fingerprint density at radius 3 is 2.74 bits per heavy atom. The minimum absolute atomic E-state index is 0.126. The number of halogens is 1. The topological polar surface area (TPSA) is 68.0 Å². The number of hydrogen-bond acceptors (Lipinski definition) is 5. The number of aryl methyl sites for hydroxylation is 1. The fraction of sp³-hybridized carbons (Fsp3) is 0.188. The maximum absolute atomic E-state index is 11.9. The van der Waals surface area contributed by atoms with Crippen molar-refractivity contribution in [3.63, 3.8) is 0 Å². The summed E-state index contributed by atoms with van der Waals surface area (Å²) in [4.78, 5) is 12.9. The number of aromatic nitrogens is 2. The zero-order valence-corrected chi connectivity index (χ0v) is 13.7. The minimum atomic E-state index is -0.150. The van der Waals surface area contributed by atoms with Gasteiger partial charge < -0.3 is 4.42 Å². The Labute approximate surface area is 142 Å². The summed E-state index contributed by atoms with van der Waals surface area (Å²) in [5.41, 5.74) is 1.11. The first-order valence-corrected chi connectivity index (χ1v) is 8.29. The third-order valence-electron chi connectivity index (χ3n) is 3.15. The SMILES string of the molecule is O=C(CCc1ccccc1)Nc1nnc(Cc2ccc(Cl)s2)o1. The smallest absolute Gasteiger partial charge is 0.322 e. The van der Waals surface area contributed by atoms with E-state index in [0.717, 1.165) is 10.4 Å². The molecular weight excluding hydrogens is 334 g/mol. The quantitative estimate of drug-likeness (QED) is 0.733. The summed E-state index contributed by atoms with van der Waals surface area (Å²) < 4.78 is 6.15. The van der Waals surface area contributed by atoms with E-state index in [2.05, 4.69) is 15.5 Å². The summed E-state index contributed by atoms with van der Waals surface area (Å²) in [6.07, 6.45) is 1.54. The summed E-state index contributed by atoms with van der Waals surface area (Å²) >= 11 is 7.34. The largest absolute Gasteiger partial charge is 0.407 e. The molecule has 0 aliphatic rings. The van der Waals surface area contributed by atoms with Crippen LogP contribution in [0.3, 0.4) is 0 Å². The van der Waals surface area contributed by atoms with E-state index in [1.54, 1.807) is 0 Å². The molecule has 0 aliphatic carbocycles. The average Bonchev–Trinajstić information content (AvgIpc) is 3.16. The number of nitrogens with one attached hydrogen (secondary N) is 1. The Hall–Kier alpha value is -2.18. The third-order valence-corrected chi connectivity index (χ3v) is 4.38. The van der Waals surface area contributed by atoms with Crippen molar-refractivity contribution in [1.82, 2.24) is 10.2 Å². The van der Waals surface area contributed by atoms with Crippen LogP contribution < -0.4 is 5.32 Å². The van der Waals surface area contributed by atoms with Gasteiger partial charge in [-0.05, 0) is 24.1 Å². The number of nitrogens with zero attached hydrogens (tertiary/aromatic N) is 2. The van der Waals surface area contributed by atoms with Gasteiger partial charge in [0.15, 0.2) is 0 Å². The monoisotopic (exact) mass is 347 g/mol. The first-order valence-electron chi connectivity index (χ1n) is 7.09. The van der Waals surface area contributed by atoms with Crippen LogP contribution in [0.2, 0.25) is 4.34 Å². The second kappa shape index (κ2) is 7.39. The molecule has 3 aromatic rings. The molecule has 23 heavy (non-hydrogen) atoms. The highest BCUT2D eigenvalue weighted by molar-refractivity contribution is 7.16. The Morgan fingerprint density at radius 1 is 1.17 bits per heavy atom. The molecule has 0 atom stereocenters. The van der Waals surface area contributed by atoms with Crippen molar-refractivity contribution in [3.05, 3.63) is 63.1 Å². The maximum Gasteiger partial charge on any atom is 0.322 e. The Kier molecular flexibility index (Phi) is 5.05. The number of amides is 1. The van der Waals surface area contributed by atoms with E-state index in [-0.39, 0.29) is 11.9 Å². The highest BCUT2D eigenvalue weighted by Crippen LogP contribution is 2.23. The molecule has 0 saturated carbocycles. The molecule has 0 saturated heterocycles. The lowest BCUT2D eigenvalue weighted by molar-refractivity contribution is -0.116. The molecule has 7 heteroatoms. The van der Waals surface area contributed by atoms with Gasteiger partial charge in [-0.15, -0.1) is 16.4 Å². The number of carbonyl (C=O) groups excluding carboxylic acids is 1. The molecular formula is C16H14ClN3O2S. The van der Waals surface area contributed by atoms with E-state index in [1.165, 1.54) is 11.3 Å². The Morgan fingerprint density at radius 2 is 2.00 bits per heavy atom. The maximum atomic E-state index is 11.9. The molecule has 118 valence electrons. The van der Waals surface area contributed by atoms with Gasteiger partial charge in [0.2, 0.25) is 11.8 Å². The van der Waals surface area contributed by atoms with E-state index in [9.17, 15) is 4.79 Å². The summed E-state index contributed by atoms with van der Waals surface area (Å²) in [5, 5.41) is 10.4. The van der Waals surface area contributed by atoms with Gasteiger partial charge in [0, 0.05) is 11.3 Å². The lowest BCUT2D eigenvalue weighted by Gasteiger charge is -2.01. The molecule has 0 radical (unpaired) electrons. The van der Waals surface area contributed by atoms with Gasteiger partial charge in [-0.25, -0.2) is 0 Å². The van der Waals surface area contributed by atoms with Crippen LogP contribution in [0.5, 0.6) is 0 Å². The molecule has 0 unspecified atom stereocenters. The predicted octanol–water partition coefficient (Wildman–Crippen LogP) is 3.95. The molecule has 5 nitrogen and oxygen atoms in total. The zero-order chi connectivity index (χ0) is 16.1. The van der Waals surface area contributed by atoms with E-state index >= 15 is 0 Å². The summed E-state index contributed by atoms with van der Waals surface area (Å²) in [6, 6.07) is 13.7. The van der Waals surface area contributed by atoms with Crippen molar-refractivity contribution in [2.24, 2.45) is 0 Å². The van der Waals surface area contributed by atoms with Crippen molar-refractivity contribution in [2.45, 2.75) is 19.3 Å². The molecule has 0 spiro atoms. The first-order chi connectivity index (χ1) is 11.2. The zero-order valence-electron chi connectivity index (χ0n) is 12.2. The van der Waals surface area contributed by atoms with Crippen LogP contribution in [0.4, 0.5) is 6.01 Å². The van der Waals surface area contributed by atoms with E-state index in [1.807, 2.05) is 42.5 Å². The fourth-order valence-electron chi connectivity index (χ4n) is 2.06. The van der Waals surface area contributed by atoms with Crippen molar-refractivity contribution in [1.29, 1.82) is 0 Å². The molecule has 1 N–H and O–H groups in total. The molecule has 3 rings (SSSR count). The van der Waals surface area contributed by atoms with Crippen molar-refractivity contribution in [3.8, 4) is 0 Å². The average molecular weight is 348 g/mol. The van der Waals surface area contributed by atoms with Crippen LogP contribution in [-0.2, 0) is 17.6 Å². The van der Waals surface area contributed by atoms with Gasteiger partial charge in [-0.1, -0.05) is 47.0 Å². The van der Waals surface area contributed by atoms with Gasteiger partial charge in [0.25, 0.3) is 0 Å². The summed E-state index contributed by atoms with van der Waals surface area (Å²) in [7, 11) is 0. The van der Waals surface area contributed by atoms with Crippen LogP contribution in [-0.4, -0.2) is 16.1 Å². The lowest BCUT2D eigenvalue weighted by Crippen LogP contribution is -2.12. The number of carbonyl (C=O) groups is 1.